The standard InChI is InChI=1S/C15H20BrNO3/c1-2-6-17(8-11-4-3-5-12(16)7-11)14-10-20-9-13(14)15(18)19/h3-5,7,13-14H,2,6,8-10H2,1H3,(H,18,19). The molecule has 1 aliphatic rings. The van der Waals surface area contributed by atoms with Crippen LogP contribution in [0.15, 0.2) is 28.7 Å². The minimum atomic E-state index is -0.761. The Balaban J connectivity index is 2.12. The van der Waals surface area contributed by atoms with Crippen molar-refractivity contribution >= 4 is 21.9 Å². The Bertz CT molecular complexity index is 466. The Kier molecular flexibility index (Phi) is 5.57. The lowest BCUT2D eigenvalue weighted by atomic mass is 10.0. The number of halogens is 1. The van der Waals surface area contributed by atoms with Gasteiger partial charge in [0, 0.05) is 17.1 Å². The van der Waals surface area contributed by atoms with Crippen molar-refractivity contribution in [1.82, 2.24) is 4.90 Å². The predicted octanol–water partition coefficient (Wildman–Crippen LogP) is 2.76. The average molecular weight is 342 g/mol. The van der Waals surface area contributed by atoms with Gasteiger partial charge in [-0.2, -0.15) is 0 Å². The van der Waals surface area contributed by atoms with Crippen LogP contribution in [-0.2, 0) is 16.1 Å². The number of rotatable bonds is 6. The molecule has 20 heavy (non-hydrogen) atoms. The average Bonchev–Trinajstić information content (AvgIpc) is 2.87. The number of carbonyl (C=O) groups is 1. The zero-order valence-electron chi connectivity index (χ0n) is 11.6. The SMILES string of the molecule is CCCN(Cc1cccc(Br)c1)C1COCC1C(=O)O. The van der Waals surface area contributed by atoms with E-state index < -0.39 is 11.9 Å². The van der Waals surface area contributed by atoms with Gasteiger partial charge < -0.3 is 9.84 Å². The Morgan fingerprint density at radius 3 is 2.95 bits per heavy atom. The molecule has 0 amide bonds. The van der Waals surface area contributed by atoms with Crippen molar-refractivity contribution in [2.75, 3.05) is 19.8 Å². The predicted molar refractivity (Wildman–Crippen MR) is 80.6 cm³/mol. The lowest BCUT2D eigenvalue weighted by molar-refractivity contribution is -0.143. The van der Waals surface area contributed by atoms with E-state index in [2.05, 4.69) is 39.9 Å². The first-order chi connectivity index (χ1) is 9.61. The third kappa shape index (κ3) is 3.81. The highest BCUT2D eigenvalue weighted by Gasteiger charge is 2.37. The normalized spacial score (nSPS) is 22.4. The summed E-state index contributed by atoms with van der Waals surface area (Å²) in [5.41, 5.74) is 1.18. The molecule has 0 saturated carbocycles. The third-order valence-corrected chi connectivity index (χ3v) is 4.12. The summed E-state index contributed by atoms with van der Waals surface area (Å²) >= 11 is 3.47. The highest BCUT2D eigenvalue weighted by molar-refractivity contribution is 9.10. The van der Waals surface area contributed by atoms with Gasteiger partial charge in [0.05, 0.1) is 19.1 Å². The van der Waals surface area contributed by atoms with Gasteiger partial charge in [-0.05, 0) is 30.7 Å². The molecule has 1 heterocycles. The third-order valence-electron chi connectivity index (χ3n) is 3.62. The summed E-state index contributed by atoms with van der Waals surface area (Å²) in [6.45, 7) is 4.57. The van der Waals surface area contributed by atoms with E-state index in [9.17, 15) is 9.90 Å². The van der Waals surface area contributed by atoms with Crippen molar-refractivity contribution in [2.45, 2.75) is 25.9 Å². The monoisotopic (exact) mass is 341 g/mol. The van der Waals surface area contributed by atoms with Crippen LogP contribution in [0.4, 0.5) is 0 Å². The molecule has 4 nitrogen and oxygen atoms in total. The van der Waals surface area contributed by atoms with Gasteiger partial charge in [-0.1, -0.05) is 35.0 Å². The molecule has 2 rings (SSSR count). The van der Waals surface area contributed by atoms with E-state index >= 15 is 0 Å². The van der Waals surface area contributed by atoms with Crippen molar-refractivity contribution in [3.63, 3.8) is 0 Å². The summed E-state index contributed by atoms with van der Waals surface area (Å²) in [6.07, 6.45) is 0.997. The maximum absolute atomic E-state index is 11.3. The van der Waals surface area contributed by atoms with Gasteiger partial charge in [0.15, 0.2) is 0 Å². The summed E-state index contributed by atoms with van der Waals surface area (Å²) in [6, 6.07) is 8.11. The Labute approximate surface area is 127 Å². The largest absolute Gasteiger partial charge is 0.481 e. The number of aliphatic carboxylic acids is 1. The fourth-order valence-corrected chi connectivity index (χ4v) is 3.10. The van der Waals surface area contributed by atoms with Gasteiger partial charge in [0.25, 0.3) is 0 Å². The molecule has 1 aromatic carbocycles. The Morgan fingerprint density at radius 2 is 2.30 bits per heavy atom. The van der Waals surface area contributed by atoms with Crippen molar-refractivity contribution in [3.05, 3.63) is 34.3 Å². The first kappa shape index (κ1) is 15.5. The quantitative estimate of drug-likeness (QED) is 0.864. The first-order valence-corrected chi connectivity index (χ1v) is 7.70. The molecule has 0 radical (unpaired) electrons. The number of benzene rings is 1. The van der Waals surface area contributed by atoms with Gasteiger partial charge in [0.2, 0.25) is 0 Å². The smallest absolute Gasteiger partial charge is 0.310 e. The van der Waals surface area contributed by atoms with Crippen LogP contribution in [0, 0.1) is 5.92 Å². The number of hydrogen-bond donors (Lipinski definition) is 1. The van der Waals surface area contributed by atoms with E-state index in [0.29, 0.717) is 13.2 Å². The summed E-state index contributed by atoms with van der Waals surface area (Å²) in [5.74, 6) is -1.18. The number of hydrogen-bond acceptors (Lipinski definition) is 3. The Morgan fingerprint density at radius 1 is 1.50 bits per heavy atom. The topological polar surface area (TPSA) is 49.8 Å². The van der Waals surface area contributed by atoms with Crippen LogP contribution in [0.3, 0.4) is 0 Å². The van der Waals surface area contributed by atoms with Crippen LogP contribution in [0.1, 0.15) is 18.9 Å². The van der Waals surface area contributed by atoms with Gasteiger partial charge in [-0.15, -0.1) is 0 Å². The highest BCUT2D eigenvalue weighted by Crippen LogP contribution is 2.23. The summed E-state index contributed by atoms with van der Waals surface area (Å²) in [7, 11) is 0. The molecule has 110 valence electrons. The van der Waals surface area contributed by atoms with Gasteiger partial charge in [-0.25, -0.2) is 0 Å². The number of carboxylic acid groups (broad SMARTS) is 1. The maximum Gasteiger partial charge on any atom is 0.310 e. The molecule has 1 fully saturated rings. The molecule has 5 heteroatoms. The molecule has 1 aromatic rings. The summed E-state index contributed by atoms with van der Waals surface area (Å²) in [5, 5.41) is 9.30. The molecule has 0 bridgehead atoms. The molecule has 2 atom stereocenters. The van der Waals surface area contributed by atoms with Crippen LogP contribution in [0.5, 0.6) is 0 Å². The van der Waals surface area contributed by atoms with Crippen molar-refractivity contribution in [3.8, 4) is 0 Å². The molecule has 0 aromatic heterocycles. The lowest BCUT2D eigenvalue weighted by Crippen LogP contribution is -2.43. The second kappa shape index (κ2) is 7.20. The fraction of sp³-hybridized carbons (Fsp3) is 0.533. The first-order valence-electron chi connectivity index (χ1n) is 6.91. The Hall–Kier alpha value is -0.910. The second-order valence-corrected chi connectivity index (χ2v) is 6.07. The van der Waals surface area contributed by atoms with Crippen molar-refractivity contribution in [2.24, 2.45) is 5.92 Å². The van der Waals surface area contributed by atoms with Crippen molar-refractivity contribution in [1.29, 1.82) is 0 Å². The molecule has 1 aliphatic heterocycles. The van der Waals surface area contributed by atoms with E-state index in [1.54, 1.807) is 0 Å². The van der Waals surface area contributed by atoms with Crippen LogP contribution in [0.2, 0.25) is 0 Å². The van der Waals surface area contributed by atoms with Crippen LogP contribution in [0.25, 0.3) is 0 Å². The zero-order chi connectivity index (χ0) is 14.5. The molecule has 1 N–H and O–H groups in total. The van der Waals surface area contributed by atoms with E-state index in [0.717, 1.165) is 24.0 Å². The molecule has 0 aliphatic carbocycles. The van der Waals surface area contributed by atoms with E-state index in [1.807, 2.05) is 12.1 Å². The molecule has 2 unspecified atom stereocenters. The van der Waals surface area contributed by atoms with Gasteiger partial charge in [0.1, 0.15) is 0 Å². The summed E-state index contributed by atoms with van der Waals surface area (Å²) < 4.78 is 6.43. The zero-order valence-corrected chi connectivity index (χ0v) is 13.2. The molecular formula is C15H20BrNO3. The van der Waals surface area contributed by atoms with Gasteiger partial charge >= 0.3 is 5.97 Å². The highest BCUT2D eigenvalue weighted by atomic mass is 79.9. The van der Waals surface area contributed by atoms with Crippen LogP contribution in [-0.4, -0.2) is 41.8 Å². The molecule has 0 spiro atoms. The number of ether oxygens (including phenoxy) is 1. The van der Waals surface area contributed by atoms with Crippen LogP contribution < -0.4 is 0 Å². The number of carboxylic acids is 1. The van der Waals surface area contributed by atoms with Crippen molar-refractivity contribution < 1.29 is 14.6 Å². The van der Waals surface area contributed by atoms with E-state index in [4.69, 9.17) is 4.74 Å². The minimum Gasteiger partial charge on any atom is -0.481 e. The van der Waals surface area contributed by atoms with E-state index in [-0.39, 0.29) is 6.04 Å². The maximum atomic E-state index is 11.3. The number of nitrogens with zero attached hydrogens (tertiary/aromatic N) is 1. The molecule has 1 saturated heterocycles. The van der Waals surface area contributed by atoms with E-state index in [1.165, 1.54) is 5.56 Å². The summed E-state index contributed by atoms with van der Waals surface area (Å²) in [4.78, 5) is 13.5. The van der Waals surface area contributed by atoms with Crippen LogP contribution >= 0.6 is 15.9 Å². The lowest BCUT2D eigenvalue weighted by Gasteiger charge is -2.30. The second-order valence-electron chi connectivity index (χ2n) is 5.15. The molecular weight excluding hydrogens is 322 g/mol. The fourth-order valence-electron chi connectivity index (χ4n) is 2.66. The minimum absolute atomic E-state index is 0.0357. The van der Waals surface area contributed by atoms with Gasteiger partial charge in [-0.3, -0.25) is 9.69 Å².